The van der Waals surface area contributed by atoms with Crippen molar-refractivity contribution in [3.05, 3.63) is 23.2 Å². The van der Waals surface area contributed by atoms with Crippen molar-refractivity contribution in [2.75, 3.05) is 24.2 Å². The van der Waals surface area contributed by atoms with Gasteiger partial charge in [-0.1, -0.05) is 11.6 Å². The maximum atomic E-state index is 12.7. The van der Waals surface area contributed by atoms with E-state index in [0.717, 1.165) is 0 Å². The van der Waals surface area contributed by atoms with E-state index in [1.54, 1.807) is 6.07 Å². The van der Waals surface area contributed by atoms with Gasteiger partial charge in [0.25, 0.3) is 5.92 Å². The number of benzene rings is 1. The molecule has 0 saturated carbocycles. The summed E-state index contributed by atoms with van der Waals surface area (Å²) in [6.07, 6.45) is 0. The van der Waals surface area contributed by atoms with Crippen molar-refractivity contribution in [1.29, 1.82) is 0 Å². The van der Waals surface area contributed by atoms with E-state index in [9.17, 15) is 8.78 Å². The Morgan fingerprint density at radius 1 is 1.47 bits per heavy atom. The Kier molecular flexibility index (Phi) is 3.71. The highest BCUT2D eigenvalue weighted by molar-refractivity contribution is 6.31. The lowest BCUT2D eigenvalue weighted by Gasteiger charge is -2.16. The molecule has 15 heavy (non-hydrogen) atoms. The lowest BCUT2D eigenvalue weighted by molar-refractivity contribution is -0.0372. The molecule has 1 rings (SSSR count). The highest BCUT2D eigenvalue weighted by atomic mass is 35.5. The maximum Gasteiger partial charge on any atom is 0.287 e. The highest BCUT2D eigenvalue weighted by Crippen LogP contribution is 2.24. The second kappa shape index (κ2) is 4.63. The minimum absolute atomic E-state index is 0.327. The molecule has 6 heteroatoms. The number of nitrogen functional groups attached to an aromatic ring is 1. The van der Waals surface area contributed by atoms with Gasteiger partial charge in [0.15, 0.2) is 0 Å². The number of aliphatic hydroxyl groups is 1. The summed E-state index contributed by atoms with van der Waals surface area (Å²) < 4.78 is 25.4. The van der Waals surface area contributed by atoms with Crippen molar-refractivity contribution in [3.8, 4) is 0 Å². The molecule has 84 valence electrons. The second-order valence-corrected chi connectivity index (χ2v) is 3.54. The summed E-state index contributed by atoms with van der Waals surface area (Å²) in [5.74, 6) is -3.17. The fourth-order valence-electron chi connectivity index (χ4n) is 0.962. The van der Waals surface area contributed by atoms with Crippen LogP contribution in [0.2, 0.25) is 5.02 Å². The summed E-state index contributed by atoms with van der Waals surface area (Å²) in [7, 11) is 0. The Morgan fingerprint density at radius 3 is 2.73 bits per heavy atom. The van der Waals surface area contributed by atoms with Gasteiger partial charge < -0.3 is 16.2 Å². The molecule has 0 radical (unpaired) electrons. The molecule has 0 aliphatic rings. The topological polar surface area (TPSA) is 58.3 Å². The van der Waals surface area contributed by atoms with E-state index >= 15 is 0 Å². The van der Waals surface area contributed by atoms with Gasteiger partial charge in [0.1, 0.15) is 6.61 Å². The molecule has 0 aliphatic carbocycles. The number of halogens is 3. The van der Waals surface area contributed by atoms with Gasteiger partial charge in [-0.2, -0.15) is 0 Å². The molecule has 3 nitrogen and oxygen atoms in total. The van der Waals surface area contributed by atoms with Crippen LogP contribution in [0.15, 0.2) is 18.2 Å². The van der Waals surface area contributed by atoms with E-state index < -0.39 is 19.1 Å². The fraction of sp³-hybridized carbons (Fsp3) is 0.333. The van der Waals surface area contributed by atoms with E-state index in [1.807, 2.05) is 0 Å². The lowest BCUT2D eigenvalue weighted by Crippen LogP contribution is -2.31. The molecule has 1 aromatic rings. The average molecular weight is 237 g/mol. The normalized spacial score (nSPS) is 11.5. The van der Waals surface area contributed by atoms with E-state index in [1.165, 1.54) is 12.1 Å². The molecule has 0 aliphatic heterocycles. The van der Waals surface area contributed by atoms with Crippen LogP contribution in [0.3, 0.4) is 0 Å². The Morgan fingerprint density at radius 2 is 2.13 bits per heavy atom. The fourth-order valence-corrected chi connectivity index (χ4v) is 1.13. The first kappa shape index (κ1) is 12.0. The molecule has 0 spiro atoms. The zero-order chi connectivity index (χ0) is 11.5. The molecule has 0 unspecified atom stereocenters. The first-order valence-corrected chi connectivity index (χ1v) is 4.60. The van der Waals surface area contributed by atoms with Gasteiger partial charge in [-0.25, -0.2) is 8.78 Å². The largest absolute Gasteiger partial charge is 0.397 e. The molecule has 4 N–H and O–H groups in total. The molecule has 0 atom stereocenters. The summed E-state index contributed by atoms with van der Waals surface area (Å²) in [4.78, 5) is 0. The van der Waals surface area contributed by atoms with Crippen molar-refractivity contribution in [1.82, 2.24) is 0 Å². The molecule has 1 aromatic carbocycles. The van der Waals surface area contributed by atoms with Crippen LogP contribution in [-0.4, -0.2) is 24.2 Å². The molecule has 0 amide bonds. The summed E-state index contributed by atoms with van der Waals surface area (Å²) in [6, 6.07) is 4.53. The van der Waals surface area contributed by atoms with E-state index in [2.05, 4.69) is 5.32 Å². The van der Waals surface area contributed by atoms with E-state index in [4.69, 9.17) is 22.4 Å². The van der Waals surface area contributed by atoms with Gasteiger partial charge >= 0.3 is 0 Å². The average Bonchev–Trinajstić information content (AvgIpc) is 2.20. The van der Waals surface area contributed by atoms with Crippen molar-refractivity contribution < 1.29 is 13.9 Å². The molecular formula is C9H11ClF2N2O. The number of alkyl halides is 2. The van der Waals surface area contributed by atoms with Crippen molar-refractivity contribution in [2.45, 2.75) is 5.92 Å². The number of rotatable bonds is 4. The van der Waals surface area contributed by atoms with Crippen LogP contribution in [0.25, 0.3) is 0 Å². The van der Waals surface area contributed by atoms with Crippen LogP contribution in [0.4, 0.5) is 20.2 Å². The van der Waals surface area contributed by atoms with Crippen LogP contribution >= 0.6 is 11.6 Å². The second-order valence-electron chi connectivity index (χ2n) is 3.10. The molecule has 0 heterocycles. The number of hydrogen-bond donors (Lipinski definition) is 3. The van der Waals surface area contributed by atoms with Crippen LogP contribution in [0.1, 0.15) is 0 Å². The van der Waals surface area contributed by atoms with Gasteiger partial charge in [-0.05, 0) is 18.2 Å². The monoisotopic (exact) mass is 236 g/mol. The van der Waals surface area contributed by atoms with Crippen LogP contribution in [-0.2, 0) is 0 Å². The molecule has 0 saturated heterocycles. The zero-order valence-electron chi connectivity index (χ0n) is 7.80. The SMILES string of the molecule is Nc1ccc(Cl)cc1NCC(F)(F)CO. The van der Waals surface area contributed by atoms with Crippen LogP contribution < -0.4 is 11.1 Å². The van der Waals surface area contributed by atoms with Crippen LogP contribution in [0.5, 0.6) is 0 Å². The lowest BCUT2D eigenvalue weighted by atomic mass is 10.2. The first-order chi connectivity index (χ1) is 6.94. The standard InChI is InChI=1S/C9H11ClF2N2O/c10-6-1-2-7(13)8(3-6)14-4-9(11,12)5-15/h1-3,14-15H,4-5,13H2. The minimum atomic E-state index is -3.17. The number of aliphatic hydroxyl groups excluding tert-OH is 1. The van der Waals surface area contributed by atoms with Gasteiger partial charge in [-0.15, -0.1) is 0 Å². The van der Waals surface area contributed by atoms with Crippen molar-refractivity contribution in [3.63, 3.8) is 0 Å². The quantitative estimate of drug-likeness (QED) is 0.701. The van der Waals surface area contributed by atoms with Crippen molar-refractivity contribution in [2.24, 2.45) is 0 Å². The smallest absolute Gasteiger partial charge is 0.287 e. The Hall–Kier alpha value is -1.07. The highest BCUT2D eigenvalue weighted by Gasteiger charge is 2.27. The summed E-state index contributed by atoms with van der Waals surface area (Å²) in [5, 5.41) is 11.2. The van der Waals surface area contributed by atoms with Gasteiger partial charge in [0.05, 0.1) is 17.9 Å². The number of nitrogens with two attached hydrogens (primary N) is 1. The molecule has 0 aromatic heterocycles. The predicted molar refractivity (Wildman–Crippen MR) is 56.4 cm³/mol. The maximum absolute atomic E-state index is 12.7. The number of hydrogen-bond acceptors (Lipinski definition) is 3. The third-order valence-electron chi connectivity index (χ3n) is 1.78. The zero-order valence-corrected chi connectivity index (χ0v) is 8.56. The third-order valence-corrected chi connectivity index (χ3v) is 2.02. The van der Waals surface area contributed by atoms with Crippen LogP contribution in [0, 0.1) is 0 Å². The summed E-state index contributed by atoms with van der Waals surface area (Å²) in [6.45, 7) is -1.89. The molecular weight excluding hydrogens is 226 g/mol. The van der Waals surface area contributed by atoms with Gasteiger partial charge in [-0.3, -0.25) is 0 Å². The Bertz CT molecular complexity index is 347. The number of nitrogens with one attached hydrogen (secondary N) is 1. The third kappa shape index (κ3) is 3.53. The molecule has 0 bridgehead atoms. The molecule has 0 fully saturated rings. The van der Waals surface area contributed by atoms with Gasteiger partial charge in [0.2, 0.25) is 0 Å². The summed E-state index contributed by atoms with van der Waals surface area (Å²) in [5.41, 5.74) is 6.19. The van der Waals surface area contributed by atoms with Gasteiger partial charge in [0, 0.05) is 5.02 Å². The van der Waals surface area contributed by atoms with E-state index in [0.29, 0.717) is 16.4 Å². The minimum Gasteiger partial charge on any atom is -0.397 e. The Balaban J connectivity index is 2.69. The van der Waals surface area contributed by atoms with Crippen molar-refractivity contribution >= 4 is 23.0 Å². The summed E-state index contributed by atoms with van der Waals surface area (Å²) >= 11 is 5.67. The number of anilines is 2. The van der Waals surface area contributed by atoms with E-state index in [-0.39, 0.29) is 0 Å². The predicted octanol–water partition coefficient (Wildman–Crippen LogP) is 1.96. The Labute approximate surface area is 90.8 Å². The first-order valence-electron chi connectivity index (χ1n) is 4.22.